The van der Waals surface area contributed by atoms with Gasteiger partial charge in [0.15, 0.2) is 0 Å². The van der Waals surface area contributed by atoms with Crippen molar-refractivity contribution in [3.8, 4) is 0 Å². The molecule has 2 fully saturated rings. The van der Waals surface area contributed by atoms with E-state index in [1.165, 1.54) is 0 Å². The summed E-state index contributed by atoms with van der Waals surface area (Å²) in [6, 6.07) is 2.69. The normalized spacial score (nSPS) is 24.1. The Labute approximate surface area is 138 Å². The van der Waals surface area contributed by atoms with Gasteiger partial charge in [-0.25, -0.2) is 9.97 Å². The molecule has 6 nitrogen and oxygen atoms in total. The van der Waals surface area contributed by atoms with Crippen LogP contribution < -0.4 is 10.6 Å². The monoisotopic (exact) mass is 319 g/mol. The first-order valence-corrected chi connectivity index (χ1v) is 8.87. The molecular formula is C17H29N5O. The van der Waals surface area contributed by atoms with Gasteiger partial charge in [0, 0.05) is 43.9 Å². The molecule has 0 saturated carbocycles. The van der Waals surface area contributed by atoms with Crippen LogP contribution in [0.3, 0.4) is 0 Å². The second kappa shape index (κ2) is 7.55. The van der Waals surface area contributed by atoms with Gasteiger partial charge < -0.3 is 15.7 Å². The van der Waals surface area contributed by atoms with Crippen molar-refractivity contribution in [1.29, 1.82) is 0 Å². The SMILES string of the molecule is Cc1nc(CCN)cc(N2CCC(N3CCCC(O)C3)CC2)n1. The largest absolute Gasteiger partial charge is 0.392 e. The summed E-state index contributed by atoms with van der Waals surface area (Å²) in [6.45, 7) is 6.60. The lowest BCUT2D eigenvalue weighted by molar-refractivity contribution is 0.0398. The molecular weight excluding hydrogens is 290 g/mol. The van der Waals surface area contributed by atoms with Gasteiger partial charge in [-0.3, -0.25) is 4.90 Å². The number of nitrogens with zero attached hydrogens (tertiary/aromatic N) is 4. The Bertz CT molecular complexity index is 516. The number of piperidine rings is 2. The molecule has 2 aliphatic rings. The van der Waals surface area contributed by atoms with Gasteiger partial charge in [-0.15, -0.1) is 0 Å². The molecule has 0 radical (unpaired) electrons. The van der Waals surface area contributed by atoms with Crippen molar-refractivity contribution in [2.45, 2.75) is 51.2 Å². The third kappa shape index (κ3) is 4.19. The Morgan fingerprint density at radius 3 is 2.70 bits per heavy atom. The molecule has 0 aliphatic carbocycles. The molecule has 2 aliphatic heterocycles. The Balaban J connectivity index is 1.60. The molecule has 6 heteroatoms. The number of likely N-dealkylation sites (tertiary alicyclic amines) is 1. The molecule has 0 spiro atoms. The fourth-order valence-electron chi connectivity index (χ4n) is 3.83. The van der Waals surface area contributed by atoms with Crippen molar-refractivity contribution < 1.29 is 5.11 Å². The third-order valence-electron chi connectivity index (χ3n) is 5.01. The highest BCUT2D eigenvalue weighted by molar-refractivity contribution is 5.40. The van der Waals surface area contributed by atoms with Gasteiger partial charge in [0.25, 0.3) is 0 Å². The molecule has 0 aromatic carbocycles. The van der Waals surface area contributed by atoms with E-state index in [4.69, 9.17) is 5.73 Å². The van der Waals surface area contributed by atoms with E-state index in [2.05, 4.69) is 25.8 Å². The Hall–Kier alpha value is -1.24. The zero-order chi connectivity index (χ0) is 16.2. The predicted octanol–water partition coefficient (Wildman–Crippen LogP) is 0.712. The van der Waals surface area contributed by atoms with Crippen LogP contribution in [-0.2, 0) is 6.42 Å². The quantitative estimate of drug-likeness (QED) is 0.851. The fraction of sp³-hybridized carbons (Fsp3) is 0.765. The maximum atomic E-state index is 9.87. The molecule has 1 aromatic rings. The topological polar surface area (TPSA) is 78.5 Å². The van der Waals surface area contributed by atoms with E-state index in [1.54, 1.807) is 0 Å². The van der Waals surface area contributed by atoms with E-state index in [0.29, 0.717) is 12.6 Å². The van der Waals surface area contributed by atoms with E-state index >= 15 is 0 Å². The Morgan fingerprint density at radius 2 is 2.00 bits per heavy atom. The molecule has 1 atom stereocenters. The van der Waals surface area contributed by atoms with Crippen molar-refractivity contribution in [3.63, 3.8) is 0 Å². The number of aliphatic hydroxyl groups is 1. The summed E-state index contributed by atoms with van der Waals surface area (Å²) >= 11 is 0. The average Bonchev–Trinajstić information content (AvgIpc) is 2.55. The second-order valence-electron chi connectivity index (χ2n) is 6.81. The number of β-amino-alcohol motifs (C(OH)–C–C–N with tert-alkyl or cyclic N) is 1. The van der Waals surface area contributed by atoms with Crippen LogP contribution in [0.2, 0.25) is 0 Å². The number of aryl methyl sites for hydroxylation is 1. The van der Waals surface area contributed by atoms with Gasteiger partial charge in [0.05, 0.1) is 6.10 Å². The van der Waals surface area contributed by atoms with Crippen LogP contribution in [0.4, 0.5) is 5.82 Å². The van der Waals surface area contributed by atoms with Crippen LogP contribution in [-0.4, -0.2) is 64.8 Å². The fourth-order valence-corrected chi connectivity index (χ4v) is 3.83. The zero-order valence-electron chi connectivity index (χ0n) is 14.1. The minimum atomic E-state index is -0.134. The van der Waals surface area contributed by atoms with E-state index in [9.17, 15) is 5.11 Å². The first kappa shape index (κ1) is 16.6. The van der Waals surface area contributed by atoms with Crippen LogP contribution in [0.1, 0.15) is 37.2 Å². The van der Waals surface area contributed by atoms with Gasteiger partial charge in [-0.1, -0.05) is 0 Å². The van der Waals surface area contributed by atoms with Crippen molar-refractivity contribution in [2.75, 3.05) is 37.6 Å². The van der Waals surface area contributed by atoms with E-state index in [-0.39, 0.29) is 6.10 Å². The molecule has 1 aromatic heterocycles. The van der Waals surface area contributed by atoms with Crippen molar-refractivity contribution in [3.05, 3.63) is 17.6 Å². The molecule has 3 rings (SSSR count). The molecule has 3 heterocycles. The Morgan fingerprint density at radius 1 is 1.22 bits per heavy atom. The number of hydrogen-bond donors (Lipinski definition) is 2. The summed E-state index contributed by atoms with van der Waals surface area (Å²) in [5.41, 5.74) is 6.69. The summed E-state index contributed by atoms with van der Waals surface area (Å²) < 4.78 is 0. The van der Waals surface area contributed by atoms with E-state index in [0.717, 1.165) is 75.6 Å². The van der Waals surface area contributed by atoms with Gasteiger partial charge in [-0.05, 0) is 45.7 Å². The molecule has 23 heavy (non-hydrogen) atoms. The van der Waals surface area contributed by atoms with Gasteiger partial charge >= 0.3 is 0 Å². The van der Waals surface area contributed by atoms with Gasteiger partial charge in [0.1, 0.15) is 11.6 Å². The summed E-state index contributed by atoms with van der Waals surface area (Å²) in [7, 11) is 0. The summed E-state index contributed by atoms with van der Waals surface area (Å²) in [4.78, 5) is 13.9. The third-order valence-corrected chi connectivity index (χ3v) is 5.01. The highest BCUT2D eigenvalue weighted by atomic mass is 16.3. The Kier molecular flexibility index (Phi) is 5.46. The minimum absolute atomic E-state index is 0.134. The van der Waals surface area contributed by atoms with Crippen LogP contribution in [0.15, 0.2) is 6.07 Å². The lowest BCUT2D eigenvalue weighted by Crippen LogP contribution is -2.49. The van der Waals surface area contributed by atoms with Crippen molar-refractivity contribution in [2.24, 2.45) is 5.73 Å². The predicted molar refractivity (Wildman–Crippen MR) is 91.6 cm³/mol. The van der Waals surface area contributed by atoms with E-state index in [1.807, 2.05) is 6.92 Å². The van der Waals surface area contributed by atoms with Crippen LogP contribution in [0.5, 0.6) is 0 Å². The standard InChI is InChI=1S/C17H29N5O/c1-13-19-14(4-7-18)11-17(20-13)21-9-5-15(6-10-21)22-8-2-3-16(23)12-22/h11,15-16,23H,2-10,12,18H2,1H3. The smallest absolute Gasteiger partial charge is 0.132 e. The molecule has 3 N–H and O–H groups in total. The van der Waals surface area contributed by atoms with Gasteiger partial charge in [-0.2, -0.15) is 0 Å². The minimum Gasteiger partial charge on any atom is -0.392 e. The van der Waals surface area contributed by atoms with Crippen LogP contribution in [0.25, 0.3) is 0 Å². The first-order valence-electron chi connectivity index (χ1n) is 8.87. The van der Waals surface area contributed by atoms with Crippen molar-refractivity contribution in [1.82, 2.24) is 14.9 Å². The maximum absolute atomic E-state index is 9.87. The number of rotatable bonds is 4. The molecule has 0 amide bonds. The van der Waals surface area contributed by atoms with E-state index < -0.39 is 0 Å². The zero-order valence-corrected chi connectivity index (χ0v) is 14.1. The number of aliphatic hydroxyl groups excluding tert-OH is 1. The van der Waals surface area contributed by atoms with Crippen molar-refractivity contribution >= 4 is 5.82 Å². The average molecular weight is 319 g/mol. The van der Waals surface area contributed by atoms with Gasteiger partial charge in [0.2, 0.25) is 0 Å². The highest BCUT2D eigenvalue weighted by Gasteiger charge is 2.28. The second-order valence-corrected chi connectivity index (χ2v) is 6.81. The molecule has 1 unspecified atom stereocenters. The summed E-state index contributed by atoms with van der Waals surface area (Å²) in [5, 5.41) is 9.87. The lowest BCUT2D eigenvalue weighted by Gasteiger charge is -2.41. The molecule has 0 bridgehead atoms. The number of aromatic nitrogens is 2. The number of nitrogens with two attached hydrogens (primary N) is 1. The summed E-state index contributed by atoms with van der Waals surface area (Å²) in [5.74, 6) is 1.87. The summed E-state index contributed by atoms with van der Waals surface area (Å²) in [6.07, 6.45) is 5.03. The first-order chi connectivity index (χ1) is 11.2. The number of hydrogen-bond acceptors (Lipinski definition) is 6. The highest BCUT2D eigenvalue weighted by Crippen LogP contribution is 2.24. The lowest BCUT2D eigenvalue weighted by atomic mass is 9.99. The molecule has 128 valence electrons. The van der Waals surface area contributed by atoms with Crippen LogP contribution in [0, 0.1) is 6.92 Å². The maximum Gasteiger partial charge on any atom is 0.132 e. The molecule has 2 saturated heterocycles. The van der Waals surface area contributed by atoms with Crippen LogP contribution >= 0.6 is 0 Å². The number of anilines is 1.